The molecule has 0 bridgehead atoms. The van der Waals surface area contributed by atoms with E-state index in [9.17, 15) is 34.2 Å². The minimum absolute atomic E-state index is 0.0172. The molecule has 11 nitrogen and oxygen atoms in total. The van der Waals surface area contributed by atoms with Crippen LogP contribution in [0.2, 0.25) is 0 Å². The number of hydrogen-bond acceptors (Lipinski definition) is 10. The van der Waals surface area contributed by atoms with Gasteiger partial charge >= 0.3 is 23.9 Å². The lowest BCUT2D eigenvalue weighted by molar-refractivity contribution is -0.137. The van der Waals surface area contributed by atoms with E-state index >= 15 is 0 Å². The normalized spacial score (nSPS) is 14.0. The number of carboxylic acid groups (broad SMARTS) is 1. The fourth-order valence-corrected chi connectivity index (χ4v) is 7.30. The molecule has 4 rings (SSSR count). The topological polar surface area (TPSA) is 163 Å². The molecule has 0 amide bonds. The van der Waals surface area contributed by atoms with E-state index in [-0.39, 0.29) is 44.2 Å². The van der Waals surface area contributed by atoms with Gasteiger partial charge in [0, 0.05) is 6.08 Å². The molecule has 0 spiro atoms. The highest BCUT2D eigenvalue weighted by atomic mass is 79.9. The highest BCUT2D eigenvalue weighted by Crippen LogP contribution is 2.44. The predicted octanol–water partition coefficient (Wildman–Crippen LogP) is 8.29. The molecule has 0 saturated carbocycles. The van der Waals surface area contributed by atoms with Gasteiger partial charge in [0.1, 0.15) is 39.0 Å². The Bertz CT molecular complexity index is 2110. The summed E-state index contributed by atoms with van der Waals surface area (Å²) in [5, 5.41) is 21.0. The maximum atomic E-state index is 13.8. The van der Waals surface area contributed by atoms with Crippen LogP contribution in [0.4, 0.5) is 0 Å². The van der Waals surface area contributed by atoms with Crippen molar-refractivity contribution in [3.8, 4) is 23.0 Å². The van der Waals surface area contributed by atoms with Crippen LogP contribution in [0.3, 0.4) is 0 Å². The summed E-state index contributed by atoms with van der Waals surface area (Å²) in [5.74, 6) is -4.55. The Kier molecular flexibility index (Phi) is 12.1. The number of phenolic OH excluding ortho intramolecular Hbond substituents is 1. The van der Waals surface area contributed by atoms with Crippen molar-refractivity contribution in [3.63, 3.8) is 0 Å². The first-order valence-corrected chi connectivity index (χ1v) is 17.7. The van der Waals surface area contributed by atoms with Gasteiger partial charge in [0.25, 0.3) is 0 Å². The van der Waals surface area contributed by atoms with Crippen molar-refractivity contribution in [3.05, 3.63) is 101 Å². The molecule has 0 aromatic heterocycles. The van der Waals surface area contributed by atoms with E-state index in [1.165, 1.54) is 19.3 Å². The average Bonchev–Trinajstić information content (AvgIpc) is 3.07. The second-order valence-electron chi connectivity index (χ2n) is 13.2. The molecule has 2 N–H and O–H groups in total. The van der Waals surface area contributed by atoms with Crippen molar-refractivity contribution in [2.24, 2.45) is 5.92 Å². The molecular formula is C41H43BrO11. The van der Waals surface area contributed by atoms with E-state index in [1.54, 1.807) is 68.4 Å². The van der Waals surface area contributed by atoms with Gasteiger partial charge in [0.2, 0.25) is 0 Å². The fraction of sp³-hybridized carbons (Fsp3) is 0.341. The number of methoxy groups -OCH3 is 1. The molecule has 0 aliphatic heterocycles. The number of carbonyl (C=O) groups is 5. The van der Waals surface area contributed by atoms with Crippen molar-refractivity contribution in [1.29, 1.82) is 0 Å². The number of halogens is 1. The molecule has 0 heterocycles. The zero-order chi connectivity index (χ0) is 39.8. The number of aromatic carboxylic acids is 1. The van der Waals surface area contributed by atoms with Gasteiger partial charge in [0.15, 0.2) is 11.5 Å². The number of esters is 3. The van der Waals surface area contributed by atoms with Crippen LogP contribution < -0.4 is 14.2 Å². The summed E-state index contributed by atoms with van der Waals surface area (Å²) in [4.78, 5) is 64.9. The second-order valence-corrected chi connectivity index (χ2v) is 14.0. The Morgan fingerprint density at radius 3 is 1.83 bits per heavy atom. The summed E-state index contributed by atoms with van der Waals surface area (Å²) < 4.78 is 22.9. The molecule has 1 aliphatic rings. The lowest BCUT2D eigenvalue weighted by Crippen LogP contribution is -2.28. The maximum Gasteiger partial charge on any atom is 0.347 e. The van der Waals surface area contributed by atoms with Gasteiger partial charge < -0.3 is 29.2 Å². The van der Waals surface area contributed by atoms with Crippen molar-refractivity contribution >= 4 is 45.6 Å². The second kappa shape index (κ2) is 15.8. The number of carboxylic acids is 1. The Balaban J connectivity index is 1.70. The molecule has 0 fully saturated rings. The molecule has 3 aromatic rings. The van der Waals surface area contributed by atoms with E-state index in [0.29, 0.717) is 74.2 Å². The van der Waals surface area contributed by atoms with Crippen LogP contribution in [0, 0.1) is 61.3 Å². The maximum absolute atomic E-state index is 13.8. The monoisotopic (exact) mass is 790 g/mol. The highest BCUT2D eigenvalue weighted by Gasteiger charge is 2.34. The molecular weight excluding hydrogens is 748 g/mol. The van der Waals surface area contributed by atoms with Crippen molar-refractivity contribution in [2.45, 2.75) is 82.1 Å². The van der Waals surface area contributed by atoms with E-state index in [2.05, 4.69) is 15.9 Å². The minimum Gasteiger partial charge on any atom is -0.506 e. The fourth-order valence-electron chi connectivity index (χ4n) is 6.72. The summed E-state index contributed by atoms with van der Waals surface area (Å²) in [5.41, 5.74) is 5.09. The third-order valence-electron chi connectivity index (χ3n) is 9.93. The molecule has 53 heavy (non-hydrogen) atoms. The number of allylic oxidation sites excluding steroid dienone is 2. The Morgan fingerprint density at radius 1 is 0.736 bits per heavy atom. The van der Waals surface area contributed by atoms with E-state index in [4.69, 9.17) is 18.9 Å². The smallest absolute Gasteiger partial charge is 0.347 e. The molecule has 0 saturated heterocycles. The summed E-state index contributed by atoms with van der Waals surface area (Å²) in [6, 6.07) is 1.58. The lowest BCUT2D eigenvalue weighted by Gasteiger charge is -2.23. The Labute approximate surface area is 316 Å². The standard InChI is InChI=1S/C41H43BrO11/c1-12-13-27-25(10)30(39(47)52-36-22(7)19(4)32(38(45)46)20(5)23(36)8)18(3)15-28(27)51-41(49)33-21(6)24(9)37(34(42)35(33)44)53-40(48)31-17(2)14-26(43)16-29(31)50-11/h14-16,31,44H,12-13H2,1-11H3,(H,45,46). The van der Waals surface area contributed by atoms with E-state index in [1.807, 2.05) is 6.92 Å². The molecule has 1 aliphatic carbocycles. The van der Waals surface area contributed by atoms with Crippen molar-refractivity contribution in [1.82, 2.24) is 0 Å². The molecule has 12 heteroatoms. The minimum atomic E-state index is -1.06. The number of aromatic hydroxyl groups is 1. The summed E-state index contributed by atoms with van der Waals surface area (Å²) in [6.45, 7) is 17.0. The number of rotatable bonds is 10. The first kappa shape index (κ1) is 40.5. The first-order valence-electron chi connectivity index (χ1n) is 16.9. The van der Waals surface area contributed by atoms with Crippen LogP contribution in [0.25, 0.3) is 0 Å². The molecule has 1 unspecified atom stereocenters. The third-order valence-corrected chi connectivity index (χ3v) is 10.7. The van der Waals surface area contributed by atoms with Crippen LogP contribution in [-0.4, -0.2) is 47.0 Å². The third kappa shape index (κ3) is 7.50. The van der Waals surface area contributed by atoms with Crippen molar-refractivity contribution in [2.75, 3.05) is 7.11 Å². The molecule has 3 aromatic carbocycles. The lowest BCUT2D eigenvalue weighted by atomic mass is 9.92. The number of hydrogen-bond donors (Lipinski definition) is 2. The zero-order valence-electron chi connectivity index (χ0n) is 31.7. The number of ketones is 1. The summed E-state index contributed by atoms with van der Waals surface area (Å²) >= 11 is 3.29. The van der Waals surface area contributed by atoms with Crippen LogP contribution in [-0.2, 0) is 20.7 Å². The van der Waals surface area contributed by atoms with Crippen molar-refractivity contribution < 1.29 is 53.1 Å². The van der Waals surface area contributed by atoms with Gasteiger partial charge in [-0.05, 0) is 152 Å². The number of ether oxygens (including phenoxy) is 4. The quantitative estimate of drug-likeness (QED) is 0.150. The SMILES string of the molecule is CCCc1c(OC(=O)c2c(C)c(C)c(OC(=O)C3C(C)=CC(=O)C=C3OC)c(Br)c2O)cc(C)c(C(=O)Oc2c(C)c(C)c(C(=O)O)c(C)c2C)c1C. The highest BCUT2D eigenvalue weighted by molar-refractivity contribution is 9.10. The van der Waals surface area contributed by atoms with Gasteiger partial charge in [-0.3, -0.25) is 9.59 Å². The molecule has 1 atom stereocenters. The van der Waals surface area contributed by atoms with Gasteiger partial charge in [-0.1, -0.05) is 13.3 Å². The van der Waals surface area contributed by atoms with Gasteiger partial charge in [0.05, 0.1) is 18.2 Å². The van der Waals surface area contributed by atoms with Gasteiger partial charge in [-0.2, -0.15) is 0 Å². The number of carbonyl (C=O) groups excluding carboxylic acids is 4. The van der Waals surface area contributed by atoms with E-state index in [0.717, 1.165) is 0 Å². The van der Waals surface area contributed by atoms with Crippen LogP contribution >= 0.6 is 15.9 Å². The number of phenols is 1. The Morgan fingerprint density at radius 2 is 1.28 bits per heavy atom. The zero-order valence-corrected chi connectivity index (χ0v) is 33.3. The van der Waals surface area contributed by atoms with Gasteiger partial charge in [-0.25, -0.2) is 14.4 Å². The van der Waals surface area contributed by atoms with Crippen LogP contribution in [0.1, 0.15) is 101 Å². The first-order chi connectivity index (χ1) is 24.8. The largest absolute Gasteiger partial charge is 0.506 e. The number of aryl methyl sites for hydroxylation is 1. The Hall–Kier alpha value is -5.23. The summed E-state index contributed by atoms with van der Waals surface area (Å²) in [6.07, 6.45) is 3.61. The van der Waals surface area contributed by atoms with Crippen LogP contribution in [0.5, 0.6) is 23.0 Å². The van der Waals surface area contributed by atoms with Crippen LogP contribution in [0.15, 0.2) is 34.0 Å². The number of benzene rings is 3. The van der Waals surface area contributed by atoms with E-state index < -0.39 is 35.5 Å². The molecule has 280 valence electrons. The van der Waals surface area contributed by atoms with Gasteiger partial charge in [-0.15, -0.1) is 0 Å². The molecule has 0 radical (unpaired) electrons. The predicted molar refractivity (Wildman–Crippen MR) is 200 cm³/mol. The summed E-state index contributed by atoms with van der Waals surface area (Å²) in [7, 11) is 1.34. The average molecular weight is 792 g/mol.